The van der Waals surface area contributed by atoms with E-state index in [1.54, 1.807) is 0 Å². The molecular formula is C17H16. The van der Waals surface area contributed by atoms with E-state index in [1.165, 1.54) is 38.2 Å². The van der Waals surface area contributed by atoms with E-state index in [1.807, 2.05) is 0 Å². The number of hydrogen-bond donors (Lipinski definition) is 0. The Hall–Kier alpha value is -1.82. The zero-order valence-electron chi connectivity index (χ0n) is 10.5. The molecule has 0 unspecified atom stereocenters. The van der Waals surface area contributed by atoms with Crippen molar-refractivity contribution in [2.45, 2.75) is 20.8 Å². The lowest BCUT2D eigenvalue weighted by Crippen LogP contribution is -1.87. The normalized spacial score (nSPS) is 11.2. The molecule has 0 radical (unpaired) electrons. The van der Waals surface area contributed by atoms with Gasteiger partial charge in [0.05, 0.1) is 0 Å². The van der Waals surface area contributed by atoms with E-state index in [0.717, 1.165) is 0 Å². The second-order valence-electron chi connectivity index (χ2n) is 4.84. The van der Waals surface area contributed by atoms with Crippen LogP contribution >= 0.6 is 0 Å². The SMILES string of the molecule is Cc1cccc2c(C)c3cccc(C)c3cc12. The largest absolute Gasteiger partial charge is 0.0614 e. The molecule has 3 rings (SSSR count). The summed E-state index contributed by atoms with van der Waals surface area (Å²) in [6.07, 6.45) is 0. The molecule has 0 amide bonds. The minimum absolute atomic E-state index is 1.36. The maximum Gasteiger partial charge on any atom is -0.0146 e. The number of aryl methyl sites for hydroxylation is 3. The third kappa shape index (κ3) is 1.44. The monoisotopic (exact) mass is 220 g/mol. The zero-order chi connectivity index (χ0) is 12.0. The summed E-state index contributed by atoms with van der Waals surface area (Å²) >= 11 is 0. The molecule has 17 heavy (non-hydrogen) atoms. The molecule has 0 atom stereocenters. The lowest BCUT2D eigenvalue weighted by molar-refractivity contribution is 1.48. The van der Waals surface area contributed by atoms with Gasteiger partial charge in [0.15, 0.2) is 0 Å². The van der Waals surface area contributed by atoms with Gasteiger partial charge in [-0.25, -0.2) is 0 Å². The van der Waals surface area contributed by atoms with Gasteiger partial charge in [-0.15, -0.1) is 0 Å². The van der Waals surface area contributed by atoms with Gasteiger partial charge in [-0.3, -0.25) is 0 Å². The number of hydrogen-bond acceptors (Lipinski definition) is 0. The van der Waals surface area contributed by atoms with E-state index < -0.39 is 0 Å². The smallest absolute Gasteiger partial charge is 0.0146 e. The Labute approximate surface area is 102 Å². The standard InChI is InChI=1S/C17H16/c1-11-6-4-8-14-13(3)15-9-5-7-12(2)17(15)10-16(11)14/h4-10H,1-3H3. The van der Waals surface area contributed by atoms with Crippen LogP contribution in [0.3, 0.4) is 0 Å². The van der Waals surface area contributed by atoms with Gasteiger partial charge in [0.25, 0.3) is 0 Å². The first kappa shape index (κ1) is 10.3. The molecule has 0 aliphatic rings. The van der Waals surface area contributed by atoms with E-state index in [0.29, 0.717) is 0 Å². The van der Waals surface area contributed by atoms with Crippen LogP contribution in [0.15, 0.2) is 42.5 Å². The molecular weight excluding hydrogens is 204 g/mol. The van der Waals surface area contributed by atoms with Crippen molar-refractivity contribution >= 4 is 21.5 Å². The molecule has 0 spiro atoms. The highest BCUT2D eigenvalue weighted by Crippen LogP contribution is 2.31. The van der Waals surface area contributed by atoms with Crippen molar-refractivity contribution in [3.8, 4) is 0 Å². The predicted molar refractivity (Wildman–Crippen MR) is 75.7 cm³/mol. The molecule has 0 saturated heterocycles. The first-order valence-electron chi connectivity index (χ1n) is 6.07. The van der Waals surface area contributed by atoms with E-state index in [4.69, 9.17) is 0 Å². The Morgan fingerprint density at radius 3 is 1.53 bits per heavy atom. The van der Waals surface area contributed by atoms with Gasteiger partial charge in [-0.2, -0.15) is 0 Å². The summed E-state index contributed by atoms with van der Waals surface area (Å²) in [5.41, 5.74) is 4.11. The van der Waals surface area contributed by atoms with Gasteiger partial charge in [0.1, 0.15) is 0 Å². The molecule has 0 aliphatic carbocycles. The fourth-order valence-electron chi connectivity index (χ4n) is 2.69. The van der Waals surface area contributed by atoms with Gasteiger partial charge in [-0.05, 0) is 65.1 Å². The molecule has 0 bridgehead atoms. The number of rotatable bonds is 0. The topological polar surface area (TPSA) is 0 Å². The Morgan fingerprint density at radius 1 is 0.588 bits per heavy atom. The summed E-state index contributed by atoms with van der Waals surface area (Å²) in [4.78, 5) is 0. The van der Waals surface area contributed by atoms with Crippen LogP contribution in [0.5, 0.6) is 0 Å². The first-order valence-corrected chi connectivity index (χ1v) is 6.07. The van der Waals surface area contributed by atoms with Gasteiger partial charge in [0.2, 0.25) is 0 Å². The lowest BCUT2D eigenvalue weighted by atomic mass is 9.93. The van der Waals surface area contributed by atoms with Crippen LogP contribution in [0.1, 0.15) is 16.7 Å². The second-order valence-corrected chi connectivity index (χ2v) is 4.84. The van der Waals surface area contributed by atoms with Gasteiger partial charge in [0, 0.05) is 0 Å². The molecule has 0 N–H and O–H groups in total. The van der Waals surface area contributed by atoms with Crippen molar-refractivity contribution in [3.05, 3.63) is 59.2 Å². The Bertz CT molecular complexity index is 661. The van der Waals surface area contributed by atoms with E-state index in [2.05, 4.69) is 63.2 Å². The van der Waals surface area contributed by atoms with Gasteiger partial charge >= 0.3 is 0 Å². The lowest BCUT2D eigenvalue weighted by Gasteiger charge is -2.11. The van der Waals surface area contributed by atoms with Crippen LogP contribution in [0, 0.1) is 20.8 Å². The molecule has 0 heteroatoms. The quantitative estimate of drug-likeness (QED) is 0.472. The molecule has 0 saturated carbocycles. The summed E-state index contributed by atoms with van der Waals surface area (Å²) in [6, 6.07) is 15.4. The summed E-state index contributed by atoms with van der Waals surface area (Å²) in [6.45, 7) is 6.60. The Kier molecular flexibility index (Phi) is 2.19. The zero-order valence-corrected chi connectivity index (χ0v) is 10.5. The second kappa shape index (κ2) is 3.59. The average Bonchev–Trinajstić information content (AvgIpc) is 2.32. The molecule has 84 valence electrons. The van der Waals surface area contributed by atoms with Crippen LogP contribution in [0.25, 0.3) is 21.5 Å². The molecule has 3 aromatic rings. The van der Waals surface area contributed by atoms with Crippen LogP contribution in [0.2, 0.25) is 0 Å². The molecule has 0 nitrogen and oxygen atoms in total. The summed E-state index contributed by atoms with van der Waals surface area (Å²) in [7, 11) is 0. The van der Waals surface area contributed by atoms with Crippen LogP contribution in [-0.4, -0.2) is 0 Å². The number of benzene rings is 3. The third-order valence-electron chi connectivity index (χ3n) is 3.74. The average molecular weight is 220 g/mol. The molecule has 3 aromatic carbocycles. The van der Waals surface area contributed by atoms with Crippen molar-refractivity contribution in [1.82, 2.24) is 0 Å². The molecule has 0 aromatic heterocycles. The van der Waals surface area contributed by atoms with Crippen molar-refractivity contribution < 1.29 is 0 Å². The van der Waals surface area contributed by atoms with Gasteiger partial charge < -0.3 is 0 Å². The fraction of sp³-hybridized carbons (Fsp3) is 0.176. The van der Waals surface area contributed by atoms with Crippen molar-refractivity contribution in [3.63, 3.8) is 0 Å². The minimum Gasteiger partial charge on any atom is -0.0614 e. The highest BCUT2D eigenvalue weighted by atomic mass is 14.1. The van der Waals surface area contributed by atoms with E-state index in [-0.39, 0.29) is 0 Å². The third-order valence-corrected chi connectivity index (χ3v) is 3.74. The van der Waals surface area contributed by atoms with Crippen molar-refractivity contribution in [2.75, 3.05) is 0 Å². The minimum atomic E-state index is 1.36. The summed E-state index contributed by atoms with van der Waals surface area (Å²) in [5, 5.41) is 5.52. The maximum atomic E-state index is 2.34. The predicted octanol–water partition coefficient (Wildman–Crippen LogP) is 4.92. The highest BCUT2D eigenvalue weighted by Gasteiger charge is 2.06. The van der Waals surface area contributed by atoms with Crippen LogP contribution < -0.4 is 0 Å². The maximum absolute atomic E-state index is 2.34. The molecule has 0 heterocycles. The Morgan fingerprint density at radius 2 is 1.06 bits per heavy atom. The Balaban J connectivity index is 2.62. The van der Waals surface area contributed by atoms with Crippen LogP contribution in [-0.2, 0) is 0 Å². The van der Waals surface area contributed by atoms with E-state index >= 15 is 0 Å². The summed E-state index contributed by atoms with van der Waals surface area (Å²) < 4.78 is 0. The number of fused-ring (bicyclic) bond motifs is 2. The van der Waals surface area contributed by atoms with E-state index in [9.17, 15) is 0 Å². The first-order chi connectivity index (χ1) is 8.18. The summed E-state index contributed by atoms with van der Waals surface area (Å²) in [5.74, 6) is 0. The van der Waals surface area contributed by atoms with Crippen molar-refractivity contribution in [1.29, 1.82) is 0 Å². The van der Waals surface area contributed by atoms with Crippen LogP contribution in [0.4, 0.5) is 0 Å². The highest BCUT2D eigenvalue weighted by molar-refractivity contribution is 6.04. The van der Waals surface area contributed by atoms with Crippen molar-refractivity contribution in [2.24, 2.45) is 0 Å². The molecule has 0 aliphatic heterocycles. The molecule has 0 fully saturated rings. The fourth-order valence-corrected chi connectivity index (χ4v) is 2.69. The van der Waals surface area contributed by atoms with Gasteiger partial charge in [-0.1, -0.05) is 36.4 Å².